The Hall–Kier alpha value is -3.32. The molecule has 2 aromatic carbocycles. The fourth-order valence-electron chi connectivity index (χ4n) is 4.59. The summed E-state index contributed by atoms with van der Waals surface area (Å²) in [5.74, 6) is 1.52. The van der Waals surface area contributed by atoms with Crippen molar-refractivity contribution in [2.24, 2.45) is 5.92 Å². The lowest BCUT2D eigenvalue weighted by molar-refractivity contribution is -0.135. The number of methoxy groups -OCH3 is 1. The molecule has 1 unspecified atom stereocenters. The number of amides is 2. The highest BCUT2D eigenvalue weighted by Gasteiger charge is 2.34. The van der Waals surface area contributed by atoms with Gasteiger partial charge in [0.1, 0.15) is 24.7 Å². The van der Waals surface area contributed by atoms with Gasteiger partial charge in [0.25, 0.3) is 5.91 Å². The maximum atomic E-state index is 13.7. The lowest BCUT2D eigenvalue weighted by Crippen LogP contribution is -2.48. The summed E-state index contributed by atoms with van der Waals surface area (Å²) in [4.78, 5) is 31.9. The zero-order chi connectivity index (χ0) is 25.7. The summed E-state index contributed by atoms with van der Waals surface area (Å²) >= 11 is 1.73. The Morgan fingerprint density at radius 2 is 1.86 bits per heavy atom. The van der Waals surface area contributed by atoms with Crippen LogP contribution in [0.25, 0.3) is 0 Å². The van der Waals surface area contributed by atoms with Crippen LogP contribution in [0.5, 0.6) is 11.5 Å². The predicted molar refractivity (Wildman–Crippen MR) is 143 cm³/mol. The minimum atomic E-state index is -0.191. The van der Waals surface area contributed by atoms with Gasteiger partial charge in [-0.25, -0.2) is 0 Å². The fourth-order valence-corrected chi connectivity index (χ4v) is 5.52. The molecule has 1 aromatic heterocycles. The van der Waals surface area contributed by atoms with Gasteiger partial charge in [0.2, 0.25) is 5.91 Å². The summed E-state index contributed by atoms with van der Waals surface area (Å²) in [7, 11) is 1.59. The van der Waals surface area contributed by atoms with Crippen LogP contribution in [0.3, 0.4) is 0 Å². The first-order valence-electron chi connectivity index (χ1n) is 12.3. The van der Waals surface area contributed by atoms with E-state index in [1.54, 1.807) is 47.6 Å². The zero-order valence-electron chi connectivity index (χ0n) is 21.4. The molecule has 0 N–H and O–H groups in total. The minimum Gasteiger partial charge on any atom is -0.497 e. The maximum absolute atomic E-state index is 13.7. The van der Waals surface area contributed by atoms with E-state index in [4.69, 9.17) is 9.47 Å². The zero-order valence-corrected chi connectivity index (χ0v) is 22.2. The topological polar surface area (TPSA) is 59.1 Å². The first-order valence-corrected chi connectivity index (χ1v) is 13.2. The van der Waals surface area contributed by atoms with Crippen molar-refractivity contribution >= 4 is 23.2 Å². The highest BCUT2D eigenvalue weighted by atomic mass is 32.1. The number of carbonyl (C=O) groups excluding carboxylic acids is 2. The second kappa shape index (κ2) is 11.6. The number of hydrogen-bond acceptors (Lipinski definition) is 5. The largest absolute Gasteiger partial charge is 0.497 e. The van der Waals surface area contributed by atoms with Crippen molar-refractivity contribution < 1.29 is 19.1 Å². The van der Waals surface area contributed by atoms with Crippen LogP contribution in [-0.2, 0) is 11.2 Å². The second-order valence-corrected chi connectivity index (χ2v) is 10.5. The number of thiophene rings is 1. The standard InChI is InChI=1S/C29H34N2O4S/c1-20(2)17-30(29(33)22-9-11-23(34-4)12-10-22)18-28(32)31-15-13-27-24(14-16-36-27)25(31)19-35-26-8-6-5-7-21(26)3/h5-12,14,16,20,25H,13,15,17-19H2,1-4H3. The number of carbonyl (C=O) groups is 2. The summed E-state index contributed by atoms with van der Waals surface area (Å²) in [6.45, 7) is 7.63. The van der Waals surface area contributed by atoms with Crippen molar-refractivity contribution in [3.63, 3.8) is 0 Å². The van der Waals surface area contributed by atoms with Gasteiger partial charge in [-0.1, -0.05) is 32.0 Å². The van der Waals surface area contributed by atoms with E-state index >= 15 is 0 Å². The van der Waals surface area contributed by atoms with Crippen LogP contribution in [0.2, 0.25) is 0 Å². The summed E-state index contributed by atoms with van der Waals surface area (Å²) in [6.07, 6.45) is 0.816. The number of rotatable bonds is 9. The van der Waals surface area contributed by atoms with Gasteiger partial charge in [-0.05, 0) is 72.2 Å². The van der Waals surface area contributed by atoms with E-state index in [9.17, 15) is 9.59 Å². The van der Waals surface area contributed by atoms with Crippen LogP contribution in [0, 0.1) is 12.8 Å². The van der Waals surface area contributed by atoms with Crippen LogP contribution in [0.15, 0.2) is 60.0 Å². The number of para-hydroxylation sites is 1. The van der Waals surface area contributed by atoms with Gasteiger partial charge < -0.3 is 19.3 Å². The third kappa shape index (κ3) is 5.90. The average Bonchev–Trinajstić information content (AvgIpc) is 3.36. The molecule has 0 fully saturated rings. The molecule has 0 saturated heterocycles. The molecule has 2 heterocycles. The van der Waals surface area contributed by atoms with Crippen LogP contribution in [0.1, 0.15) is 46.3 Å². The van der Waals surface area contributed by atoms with E-state index in [1.807, 2.05) is 36.1 Å². The molecule has 0 saturated carbocycles. The van der Waals surface area contributed by atoms with Gasteiger partial charge >= 0.3 is 0 Å². The molecule has 0 radical (unpaired) electrons. The number of ether oxygens (including phenoxy) is 2. The molecule has 0 aliphatic carbocycles. The Labute approximate surface area is 217 Å². The van der Waals surface area contributed by atoms with Crippen LogP contribution in [0.4, 0.5) is 0 Å². The van der Waals surface area contributed by atoms with E-state index in [0.29, 0.717) is 31.0 Å². The van der Waals surface area contributed by atoms with Crippen molar-refractivity contribution in [1.29, 1.82) is 0 Å². The van der Waals surface area contributed by atoms with Gasteiger partial charge in [0, 0.05) is 23.5 Å². The first kappa shape index (κ1) is 25.8. The molecule has 1 aliphatic heterocycles. The number of nitrogens with zero attached hydrogens (tertiary/aromatic N) is 2. The van der Waals surface area contributed by atoms with Gasteiger partial charge in [-0.15, -0.1) is 11.3 Å². The second-order valence-electron chi connectivity index (χ2n) is 9.54. The van der Waals surface area contributed by atoms with E-state index in [1.165, 1.54) is 4.88 Å². The van der Waals surface area contributed by atoms with E-state index in [2.05, 4.69) is 25.3 Å². The first-order chi connectivity index (χ1) is 17.4. The Morgan fingerprint density at radius 3 is 2.56 bits per heavy atom. The molecule has 3 aromatic rings. The summed E-state index contributed by atoms with van der Waals surface area (Å²) < 4.78 is 11.4. The van der Waals surface area contributed by atoms with Gasteiger partial charge in [0.15, 0.2) is 0 Å². The molecule has 0 spiro atoms. The van der Waals surface area contributed by atoms with E-state index < -0.39 is 0 Å². The fraction of sp³-hybridized carbons (Fsp3) is 0.379. The molecular formula is C29H34N2O4S. The molecule has 1 aliphatic rings. The van der Waals surface area contributed by atoms with Gasteiger partial charge in [-0.2, -0.15) is 0 Å². The molecule has 4 rings (SSSR count). The molecule has 1 atom stereocenters. The summed E-state index contributed by atoms with van der Waals surface area (Å²) in [5, 5.41) is 2.08. The van der Waals surface area contributed by atoms with Crippen LogP contribution >= 0.6 is 11.3 Å². The number of fused-ring (bicyclic) bond motifs is 1. The van der Waals surface area contributed by atoms with Gasteiger partial charge in [0.05, 0.1) is 13.2 Å². The third-order valence-corrected chi connectivity index (χ3v) is 7.44. The maximum Gasteiger partial charge on any atom is 0.254 e. The van der Waals surface area contributed by atoms with E-state index in [-0.39, 0.29) is 30.3 Å². The van der Waals surface area contributed by atoms with Crippen molar-refractivity contribution in [2.75, 3.05) is 33.4 Å². The molecule has 36 heavy (non-hydrogen) atoms. The highest BCUT2D eigenvalue weighted by molar-refractivity contribution is 7.10. The molecular weight excluding hydrogens is 472 g/mol. The lowest BCUT2D eigenvalue weighted by atomic mass is 10.00. The normalized spacial score (nSPS) is 14.9. The number of benzene rings is 2. The smallest absolute Gasteiger partial charge is 0.254 e. The Morgan fingerprint density at radius 1 is 1.11 bits per heavy atom. The number of hydrogen-bond donors (Lipinski definition) is 0. The van der Waals surface area contributed by atoms with Crippen LogP contribution < -0.4 is 9.47 Å². The molecule has 7 heteroatoms. The summed E-state index contributed by atoms with van der Waals surface area (Å²) in [5.41, 5.74) is 2.75. The van der Waals surface area contributed by atoms with Crippen molar-refractivity contribution in [3.8, 4) is 11.5 Å². The van der Waals surface area contributed by atoms with Crippen molar-refractivity contribution in [2.45, 2.75) is 33.2 Å². The monoisotopic (exact) mass is 506 g/mol. The molecule has 2 amide bonds. The Kier molecular flexibility index (Phi) is 8.31. The van der Waals surface area contributed by atoms with Crippen molar-refractivity contribution in [3.05, 3.63) is 81.5 Å². The number of aryl methyl sites for hydroxylation is 1. The average molecular weight is 507 g/mol. The lowest BCUT2D eigenvalue weighted by Gasteiger charge is -2.37. The van der Waals surface area contributed by atoms with Crippen LogP contribution in [-0.4, -0.2) is 55.0 Å². The minimum absolute atomic E-state index is 0.0311. The molecule has 190 valence electrons. The molecule has 0 bridgehead atoms. The van der Waals surface area contributed by atoms with E-state index in [0.717, 1.165) is 23.3 Å². The highest BCUT2D eigenvalue weighted by Crippen LogP contribution is 2.34. The Bertz CT molecular complexity index is 1190. The SMILES string of the molecule is COc1ccc(C(=O)N(CC(=O)N2CCc3sccc3C2COc2ccccc2C)CC(C)C)cc1. The predicted octanol–water partition coefficient (Wildman–Crippen LogP) is 5.37. The third-order valence-electron chi connectivity index (χ3n) is 6.44. The Balaban J connectivity index is 1.53. The van der Waals surface area contributed by atoms with Crippen molar-refractivity contribution in [1.82, 2.24) is 9.80 Å². The summed E-state index contributed by atoms with van der Waals surface area (Å²) in [6, 6.07) is 16.8. The quantitative estimate of drug-likeness (QED) is 0.392. The molecule has 6 nitrogen and oxygen atoms in total. The van der Waals surface area contributed by atoms with Gasteiger partial charge in [-0.3, -0.25) is 9.59 Å².